The van der Waals surface area contributed by atoms with Crippen molar-refractivity contribution in [2.75, 3.05) is 12.8 Å². The molecule has 0 spiro atoms. The SMILES string of the molecule is COC(=O)[C@H](Cc1ccc(N)cc1)NC(=O)c1c(Cl)cccc1CN. The summed E-state index contributed by atoms with van der Waals surface area (Å²) in [5.41, 5.74) is 13.6. The average molecular weight is 362 g/mol. The maximum absolute atomic E-state index is 12.6. The van der Waals surface area contributed by atoms with Gasteiger partial charge in [0.1, 0.15) is 6.04 Å². The highest BCUT2D eigenvalue weighted by atomic mass is 35.5. The molecule has 0 aromatic heterocycles. The molecule has 0 saturated carbocycles. The third-order valence-electron chi connectivity index (χ3n) is 3.76. The first kappa shape index (κ1) is 18.8. The van der Waals surface area contributed by atoms with Crippen molar-refractivity contribution in [1.82, 2.24) is 5.32 Å². The van der Waals surface area contributed by atoms with Crippen molar-refractivity contribution in [2.24, 2.45) is 5.73 Å². The Bertz CT molecular complexity index is 763. The predicted molar refractivity (Wildman–Crippen MR) is 97.2 cm³/mol. The molecule has 0 radical (unpaired) electrons. The van der Waals surface area contributed by atoms with E-state index in [0.29, 0.717) is 11.3 Å². The maximum Gasteiger partial charge on any atom is 0.328 e. The molecule has 2 rings (SSSR count). The van der Waals surface area contributed by atoms with Gasteiger partial charge in [0.05, 0.1) is 17.7 Å². The average Bonchev–Trinajstić information content (AvgIpc) is 2.61. The van der Waals surface area contributed by atoms with E-state index < -0.39 is 17.9 Å². The Labute approximate surface area is 151 Å². The third kappa shape index (κ3) is 4.71. The number of carbonyl (C=O) groups is 2. The Morgan fingerprint density at radius 3 is 2.48 bits per heavy atom. The molecule has 0 heterocycles. The second-order valence-electron chi connectivity index (χ2n) is 5.47. The Kier molecular flexibility index (Phi) is 6.38. The van der Waals surface area contributed by atoms with Gasteiger partial charge in [-0.05, 0) is 29.3 Å². The number of rotatable bonds is 6. The fourth-order valence-electron chi connectivity index (χ4n) is 2.45. The molecule has 0 unspecified atom stereocenters. The Morgan fingerprint density at radius 1 is 1.20 bits per heavy atom. The summed E-state index contributed by atoms with van der Waals surface area (Å²) in [7, 11) is 1.27. The van der Waals surface area contributed by atoms with Crippen LogP contribution >= 0.6 is 11.6 Å². The minimum atomic E-state index is -0.858. The van der Waals surface area contributed by atoms with Crippen molar-refractivity contribution in [1.29, 1.82) is 0 Å². The number of nitrogens with two attached hydrogens (primary N) is 2. The number of nitrogen functional groups attached to an aromatic ring is 1. The molecule has 1 atom stereocenters. The lowest BCUT2D eigenvalue weighted by Crippen LogP contribution is -2.43. The number of halogens is 1. The molecule has 0 saturated heterocycles. The van der Waals surface area contributed by atoms with E-state index in [4.69, 9.17) is 27.8 Å². The number of hydrogen-bond donors (Lipinski definition) is 3. The van der Waals surface area contributed by atoms with Crippen LogP contribution in [-0.2, 0) is 22.5 Å². The summed E-state index contributed by atoms with van der Waals surface area (Å²) >= 11 is 6.13. The number of anilines is 1. The van der Waals surface area contributed by atoms with Gasteiger partial charge in [0.2, 0.25) is 0 Å². The van der Waals surface area contributed by atoms with Crippen molar-refractivity contribution < 1.29 is 14.3 Å². The van der Waals surface area contributed by atoms with Gasteiger partial charge in [-0.3, -0.25) is 4.79 Å². The minimum Gasteiger partial charge on any atom is -0.467 e. The smallest absolute Gasteiger partial charge is 0.328 e. The zero-order chi connectivity index (χ0) is 18.4. The molecule has 5 N–H and O–H groups in total. The molecule has 0 aliphatic rings. The zero-order valence-electron chi connectivity index (χ0n) is 13.8. The number of hydrogen-bond acceptors (Lipinski definition) is 5. The molecule has 0 fully saturated rings. The monoisotopic (exact) mass is 361 g/mol. The Morgan fingerprint density at radius 2 is 1.88 bits per heavy atom. The predicted octanol–water partition coefficient (Wildman–Crippen LogP) is 1.90. The van der Waals surface area contributed by atoms with Crippen LogP contribution in [0.5, 0.6) is 0 Å². The van der Waals surface area contributed by atoms with Crippen molar-refractivity contribution in [3.8, 4) is 0 Å². The maximum atomic E-state index is 12.6. The summed E-state index contributed by atoms with van der Waals surface area (Å²) in [4.78, 5) is 24.7. The molecular formula is C18H20ClN3O3. The Balaban J connectivity index is 2.24. The van der Waals surface area contributed by atoms with Crippen LogP contribution in [-0.4, -0.2) is 25.0 Å². The quantitative estimate of drug-likeness (QED) is 0.538. The fraction of sp³-hybridized carbons (Fsp3) is 0.222. The number of esters is 1. The zero-order valence-corrected chi connectivity index (χ0v) is 14.5. The van der Waals surface area contributed by atoms with Gasteiger partial charge in [-0.2, -0.15) is 0 Å². The van der Waals surface area contributed by atoms with E-state index in [1.165, 1.54) is 7.11 Å². The molecule has 6 nitrogen and oxygen atoms in total. The van der Waals surface area contributed by atoms with Gasteiger partial charge in [-0.1, -0.05) is 35.9 Å². The van der Waals surface area contributed by atoms with Crippen LogP contribution in [0.1, 0.15) is 21.5 Å². The van der Waals surface area contributed by atoms with Crippen LogP contribution in [0.25, 0.3) is 0 Å². The van der Waals surface area contributed by atoms with Gasteiger partial charge in [-0.25, -0.2) is 4.79 Å². The molecule has 25 heavy (non-hydrogen) atoms. The van der Waals surface area contributed by atoms with Crippen LogP contribution in [0.3, 0.4) is 0 Å². The van der Waals surface area contributed by atoms with Gasteiger partial charge in [0.15, 0.2) is 0 Å². The van der Waals surface area contributed by atoms with Gasteiger partial charge in [0, 0.05) is 18.7 Å². The van der Waals surface area contributed by atoms with Crippen LogP contribution in [0.2, 0.25) is 5.02 Å². The summed E-state index contributed by atoms with van der Waals surface area (Å²) in [6.45, 7) is 0.157. The second kappa shape index (κ2) is 8.50. The standard InChI is InChI=1S/C18H20ClN3O3/c1-25-18(24)15(9-11-5-7-13(21)8-6-11)22-17(23)16-12(10-20)3-2-4-14(16)19/h2-8,15H,9-10,20-21H2,1H3,(H,22,23)/t15-/m0/s1. The third-order valence-corrected chi connectivity index (χ3v) is 4.07. The van der Waals surface area contributed by atoms with Gasteiger partial charge in [-0.15, -0.1) is 0 Å². The summed E-state index contributed by atoms with van der Waals surface area (Å²) in [5.74, 6) is -1.02. The number of carbonyl (C=O) groups excluding carboxylic acids is 2. The highest BCUT2D eigenvalue weighted by molar-refractivity contribution is 6.34. The molecule has 0 bridgehead atoms. The highest BCUT2D eigenvalue weighted by Crippen LogP contribution is 2.20. The van der Waals surface area contributed by atoms with E-state index in [2.05, 4.69) is 5.32 Å². The van der Waals surface area contributed by atoms with Crippen molar-refractivity contribution in [3.05, 3.63) is 64.2 Å². The first-order valence-electron chi connectivity index (χ1n) is 7.66. The molecule has 2 aromatic rings. The topological polar surface area (TPSA) is 107 Å². The fourth-order valence-corrected chi connectivity index (χ4v) is 2.73. The summed E-state index contributed by atoms with van der Waals surface area (Å²) < 4.78 is 4.80. The molecule has 0 aliphatic heterocycles. The normalized spacial score (nSPS) is 11.6. The second-order valence-corrected chi connectivity index (χ2v) is 5.88. The highest BCUT2D eigenvalue weighted by Gasteiger charge is 2.24. The molecular weight excluding hydrogens is 342 g/mol. The molecule has 2 aromatic carbocycles. The van der Waals surface area contributed by atoms with E-state index in [0.717, 1.165) is 5.56 Å². The lowest BCUT2D eigenvalue weighted by atomic mass is 10.0. The molecule has 7 heteroatoms. The first-order chi connectivity index (χ1) is 12.0. The molecule has 132 valence electrons. The first-order valence-corrected chi connectivity index (χ1v) is 8.04. The van der Waals surface area contributed by atoms with Crippen LogP contribution in [0.15, 0.2) is 42.5 Å². The van der Waals surface area contributed by atoms with Gasteiger partial charge < -0.3 is 21.5 Å². The molecule has 1 amide bonds. The van der Waals surface area contributed by atoms with Crippen LogP contribution in [0, 0.1) is 0 Å². The van der Waals surface area contributed by atoms with E-state index >= 15 is 0 Å². The van der Waals surface area contributed by atoms with Crippen LogP contribution < -0.4 is 16.8 Å². The number of benzene rings is 2. The number of amides is 1. The lowest BCUT2D eigenvalue weighted by Gasteiger charge is -2.18. The summed E-state index contributed by atoms with van der Waals surface area (Å²) in [6.07, 6.45) is 0.265. The van der Waals surface area contributed by atoms with E-state index in [1.54, 1.807) is 42.5 Å². The van der Waals surface area contributed by atoms with Crippen molar-refractivity contribution >= 4 is 29.2 Å². The van der Waals surface area contributed by atoms with Crippen molar-refractivity contribution in [2.45, 2.75) is 19.0 Å². The lowest BCUT2D eigenvalue weighted by molar-refractivity contribution is -0.142. The number of methoxy groups -OCH3 is 1. The summed E-state index contributed by atoms with van der Waals surface area (Å²) in [5, 5.41) is 2.95. The van der Waals surface area contributed by atoms with E-state index in [-0.39, 0.29) is 23.6 Å². The minimum absolute atomic E-state index is 0.157. The number of nitrogens with one attached hydrogen (secondary N) is 1. The van der Waals surface area contributed by atoms with Crippen molar-refractivity contribution in [3.63, 3.8) is 0 Å². The van der Waals surface area contributed by atoms with Gasteiger partial charge in [0.25, 0.3) is 5.91 Å². The largest absolute Gasteiger partial charge is 0.467 e. The summed E-state index contributed by atoms with van der Waals surface area (Å²) in [6, 6.07) is 11.2. The van der Waals surface area contributed by atoms with E-state index in [9.17, 15) is 9.59 Å². The van der Waals surface area contributed by atoms with E-state index in [1.807, 2.05) is 0 Å². The number of ether oxygens (including phenoxy) is 1. The Hall–Kier alpha value is -2.57. The van der Waals surface area contributed by atoms with Gasteiger partial charge >= 0.3 is 5.97 Å². The molecule has 0 aliphatic carbocycles. The van der Waals surface area contributed by atoms with Crippen LogP contribution in [0.4, 0.5) is 5.69 Å².